The highest BCUT2D eigenvalue weighted by atomic mass is 14.4. The Morgan fingerprint density at radius 3 is 1.22 bits per heavy atom. The van der Waals surface area contributed by atoms with Gasteiger partial charge < -0.3 is 0 Å². The third-order valence-electron chi connectivity index (χ3n) is 6.20. The van der Waals surface area contributed by atoms with E-state index in [2.05, 4.69) is 55.4 Å². The van der Waals surface area contributed by atoms with E-state index in [0.29, 0.717) is 0 Å². The molecular formula is C18H36. The van der Waals surface area contributed by atoms with Crippen molar-refractivity contribution in [2.75, 3.05) is 0 Å². The second-order valence-corrected chi connectivity index (χ2v) is 7.96. The summed E-state index contributed by atoms with van der Waals surface area (Å²) < 4.78 is 0. The van der Waals surface area contributed by atoms with Crippen LogP contribution < -0.4 is 0 Å². The van der Waals surface area contributed by atoms with Crippen molar-refractivity contribution in [3.63, 3.8) is 0 Å². The molecule has 0 nitrogen and oxygen atoms in total. The molecule has 0 spiro atoms. The fraction of sp³-hybridized carbons (Fsp3) is 1.00. The van der Waals surface area contributed by atoms with Crippen molar-refractivity contribution in [3.05, 3.63) is 0 Å². The Kier molecular flexibility index (Phi) is 5.74. The van der Waals surface area contributed by atoms with Crippen LogP contribution in [-0.2, 0) is 0 Å². The van der Waals surface area contributed by atoms with Crippen LogP contribution in [0.15, 0.2) is 0 Å². The highest BCUT2D eigenvalue weighted by Crippen LogP contribution is 2.46. The van der Waals surface area contributed by atoms with Crippen LogP contribution in [0.4, 0.5) is 0 Å². The molecule has 6 atom stereocenters. The molecule has 1 saturated carbocycles. The first-order chi connectivity index (χ1) is 8.25. The SMILES string of the molecule is CC(C)C(C)C1CC(C(C)C(C)C)C(C)CC1C. The zero-order valence-corrected chi connectivity index (χ0v) is 14.0. The second kappa shape index (κ2) is 6.44. The lowest BCUT2D eigenvalue weighted by Gasteiger charge is -2.45. The number of hydrogen-bond acceptors (Lipinski definition) is 0. The Bertz CT molecular complexity index is 216. The van der Waals surface area contributed by atoms with Gasteiger partial charge in [-0.3, -0.25) is 0 Å². The Morgan fingerprint density at radius 2 is 0.944 bits per heavy atom. The highest BCUT2D eigenvalue weighted by Gasteiger charge is 2.38. The maximum Gasteiger partial charge on any atom is -0.0357 e. The van der Waals surface area contributed by atoms with Crippen LogP contribution in [0.25, 0.3) is 0 Å². The minimum Gasteiger partial charge on any atom is -0.0625 e. The van der Waals surface area contributed by atoms with E-state index >= 15 is 0 Å². The first-order valence-corrected chi connectivity index (χ1v) is 8.25. The molecule has 18 heavy (non-hydrogen) atoms. The van der Waals surface area contributed by atoms with E-state index in [4.69, 9.17) is 0 Å². The van der Waals surface area contributed by atoms with Gasteiger partial charge in [-0.1, -0.05) is 55.4 Å². The largest absolute Gasteiger partial charge is 0.0625 e. The summed E-state index contributed by atoms with van der Waals surface area (Å²) in [6, 6.07) is 0. The minimum absolute atomic E-state index is 0.834. The van der Waals surface area contributed by atoms with E-state index in [0.717, 1.165) is 47.3 Å². The topological polar surface area (TPSA) is 0 Å². The Morgan fingerprint density at radius 1 is 0.611 bits per heavy atom. The molecule has 0 amide bonds. The van der Waals surface area contributed by atoms with Crippen LogP contribution in [0.1, 0.15) is 68.2 Å². The van der Waals surface area contributed by atoms with E-state index in [-0.39, 0.29) is 0 Å². The van der Waals surface area contributed by atoms with Gasteiger partial charge in [-0.05, 0) is 60.2 Å². The molecule has 0 bridgehead atoms. The van der Waals surface area contributed by atoms with E-state index in [9.17, 15) is 0 Å². The Balaban J connectivity index is 2.77. The summed E-state index contributed by atoms with van der Waals surface area (Å²) >= 11 is 0. The molecule has 1 rings (SSSR count). The van der Waals surface area contributed by atoms with Gasteiger partial charge >= 0.3 is 0 Å². The smallest absolute Gasteiger partial charge is 0.0357 e. The van der Waals surface area contributed by atoms with Crippen LogP contribution in [0.5, 0.6) is 0 Å². The van der Waals surface area contributed by atoms with Crippen molar-refractivity contribution in [1.29, 1.82) is 0 Å². The summed E-state index contributed by atoms with van der Waals surface area (Å²) in [5.41, 5.74) is 0. The molecule has 0 aromatic rings. The minimum atomic E-state index is 0.834. The molecule has 0 aromatic carbocycles. The lowest BCUT2D eigenvalue weighted by Crippen LogP contribution is -2.38. The molecule has 0 aromatic heterocycles. The number of rotatable bonds is 4. The molecule has 6 unspecified atom stereocenters. The Labute approximate surface area is 116 Å². The Hall–Kier alpha value is 0. The van der Waals surface area contributed by atoms with Crippen LogP contribution in [0, 0.1) is 47.3 Å². The lowest BCUT2D eigenvalue weighted by atomic mass is 9.60. The van der Waals surface area contributed by atoms with Crippen LogP contribution >= 0.6 is 0 Å². The molecule has 0 radical (unpaired) electrons. The molecule has 0 heterocycles. The predicted molar refractivity (Wildman–Crippen MR) is 82.5 cm³/mol. The number of hydrogen-bond donors (Lipinski definition) is 0. The van der Waals surface area contributed by atoms with Gasteiger partial charge in [-0.15, -0.1) is 0 Å². The summed E-state index contributed by atoms with van der Waals surface area (Å²) in [6.45, 7) is 19.6. The molecular weight excluding hydrogens is 216 g/mol. The quantitative estimate of drug-likeness (QED) is 0.587. The van der Waals surface area contributed by atoms with Crippen LogP contribution in [0.3, 0.4) is 0 Å². The van der Waals surface area contributed by atoms with Gasteiger partial charge in [0.2, 0.25) is 0 Å². The molecule has 1 aliphatic carbocycles. The lowest BCUT2D eigenvalue weighted by molar-refractivity contribution is 0.0389. The van der Waals surface area contributed by atoms with Crippen LogP contribution in [-0.4, -0.2) is 0 Å². The molecule has 0 heteroatoms. The molecule has 0 N–H and O–H groups in total. The van der Waals surface area contributed by atoms with E-state index in [1.807, 2.05) is 0 Å². The predicted octanol–water partition coefficient (Wildman–Crippen LogP) is 5.87. The van der Waals surface area contributed by atoms with Crippen LogP contribution in [0.2, 0.25) is 0 Å². The monoisotopic (exact) mass is 252 g/mol. The summed E-state index contributed by atoms with van der Waals surface area (Å²) in [5, 5.41) is 0. The van der Waals surface area contributed by atoms with E-state index < -0.39 is 0 Å². The normalized spacial score (nSPS) is 37.0. The first kappa shape index (κ1) is 16.1. The summed E-state index contributed by atoms with van der Waals surface area (Å²) in [6.07, 6.45) is 2.92. The van der Waals surface area contributed by atoms with Crippen molar-refractivity contribution in [2.24, 2.45) is 47.3 Å². The van der Waals surface area contributed by atoms with Crippen molar-refractivity contribution >= 4 is 0 Å². The van der Waals surface area contributed by atoms with Crippen molar-refractivity contribution in [1.82, 2.24) is 0 Å². The van der Waals surface area contributed by atoms with Crippen molar-refractivity contribution < 1.29 is 0 Å². The van der Waals surface area contributed by atoms with Gasteiger partial charge in [0, 0.05) is 0 Å². The van der Waals surface area contributed by atoms with Gasteiger partial charge in [0.05, 0.1) is 0 Å². The van der Waals surface area contributed by atoms with Gasteiger partial charge in [-0.2, -0.15) is 0 Å². The van der Waals surface area contributed by atoms with Crippen molar-refractivity contribution in [3.8, 4) is 0 Å². The first-order valence-electron chi connectivity index (χ1n) is 8.25. The van der Waals surface area contributed by atoms with Gasteiger partial charge in [0.25, 0.3) is 0 Å². The van der Waals surface area contributed by atoms with E-state index in [1.54, 1.807) is 0 Å². The summed E-state index contributed by atoms with van der Waals surface area (Å²) in [7, 11) is 0. The fourth-order valence-electron chi connectivity index (χ4n) is 4.17. The molecule has 0 saturated heterocycles. The zero-order valence-electron chi connectivity index (χ0n) is 14.0. The summed E-state index contributed by atoms with van der Waals surface area (Å²) in [4.78, 5) is 0. The average Bonchev–Trinajstić information content (AvgIpc) is 2.27. The summed E-state index contributed by atoms with van der Waals surface area (Å²) in [5.74, 6) is 7.19. The van der Waals surface area contributed by atoms with Gasteiger partial charge in [0.15, 0.2) is 0 Å². The fourth-order valence-corrected chi connectivity index (χ4v) is 4.17. The third-order valence-corrected chi connectivity index (χ3v) is 6.20. The standard InChI is InChI=1S/C18H36/c1-11(2)15(7)17-10-18(16(8)12(3)4)14(6)9-13(17)5/h11-18H,9-10H2,1-8H3. The molecule has 108 valence electrons. The zero-order chi connectivity index (χ0) is 14.0. The van der Waals surface area contributed by atoms with Crippen molar-refractivity contribution in [2.45, 2.75) is 68.2 Å². The van der Waals surface area contributed by atoms with Gasteiger partial charge in [0.1, 0.15) is 0 Å². The van der Waals surface area contributed by atoms with E-state index in [1.165, 1.54) is 12.8 Å². The second-order valence-electron chi connectivity index (χ2n) is 7.96. The molecule has 1 fully saturated rings. The molecule has 0 aliphatic heterocycles. The maximum absolute atomic E-state index is 2.50. The third kappa shape index (κ3) is 3.52. The van der Waals surface area contributed by atoms with Gasteiger partial charge in [-0.25, -0.2) is 0 Å². The molecule has 1 aliphatic rings. The average molecular weight is 252 g/mol. The maximum atomic E-state index is 2.50. The highest BCUT2D eigenvalue weighted by molar-refractivity contribution is 4.88.